The molecule has 0 saturated carbocycles. The van der Waals surface area contributed by atoms with E-state index in [0.717, 1.165) is 6.42 Å². The van der Waals surface area contributed by atoms with E-state index in [2.05, 4.69) is 24.5 Å². The van der Waals surface area contributed by atoms with Crippen LogP contribution < -0.4 is 15.4 Å². The quantitative estimate of drug-likeness (QED) is 0.755. The molecule has 2 amide bonds. The largest absolute Gasteiger partial charge is 0.484 e. The molecule has 25 heavy (non-hydrogen) atoms. The Kier molecular flexibility index (Phi) is 8.25. The molecule has 1 atom stereocenters. The number of benzene rings is 1. The van der Waals surface area contributed by atoms with Crippen LogP contribution in [0.15, 0.2) is 30.3 Å². The van der Waals surface area contributed by atoms with E-state index >= 15 is 0 Å². The van der Waals surface area contributed by atoms with Crippen LogP contribution >= 0.6 is 0 Å². The summed E-state index contributed by atoms with van der Waals surface area (Å²) < 4.78 is 10.7. The maximum absolute atomic E-state index is 11.9. The zero-order valence-corrected chi connectivity index (χ0v) is 15.8. The van der Waals surface area contributed by atoms with Crippen LogP contribution in [-0.4, -0.2) is 36.8 Å². The van der Waals surface area contributed by atoms with Gasteiger partial charge in [0, 0.05) is 12.6 Å². The van der Waals surface area contributed by atoms with Crippen molar-refractivity contribution >= 4 is 12.0 Å². The maximum atomic E-state index is 11.9. The summed E-state index contributed by atoms with van der Waals surface area (Å²) in [5.41, 5.74) is -0.556. The van der Waals surface area contributed by atoms with Crippen LogP contribution in [0.25, 0.3) is 0 Å². The summed E-state index contributed by atoms with van der Waals surface area (Å²) in [6.45, 7) is 9.82. The lowest BCUT2D eigenvalue weighted by molar-refractivity contribution is -0.123. The smallest absolute Gasteiger partial charge is 0.407 e. The number of carbonyl (C=O) groups is 2. The Balaban J connectivity index is 2.43. The van der Waals surface area contributed by atoms with E-state index < -0.39 is 11.7 Å². The highest BCUT2D eigenvalue weighted by atomic mass is 16.6. The minimum atomic E-state index is -0.556. The van der Waals surface area contributed by atoms with Crippen LogP contribution in [0.4, 0.5) is 4.79 Å². The van der Waals surface area contributed by atoms with E-state index in [1.165, 1.54) is 0 Å². The number of rotatable bonds is 8. The van der Waals surface area contributed by atoms with Crippen molar-refractivity contribution in [1.29, 1.82) is 0 Å². The number of ether oxygens (including phenoxy) is 2. The highest BCUT2D eigenvalue weighted by Crippen LogP contribution is 2.10. The van der Waals surface area contributed by atoms with Crippen LogP contribution in [0.2, 0.25) is 0 Å². The highest BCUT2D eigenvalue weighted by molar-refractivity contribution is 5.77. The average Bonchev–Trinajstić information content (AvgIpc) is 2.49. The first kappa shape index (κ1) is 20.8. The monoisotopic (exact) mass is 350 g/mol. The van der Waals surface area contributed by atoms with Crippen LogP contribution in [0.3, 0.4) is 0 Å². The van der Waals surface area contributed by atoms with E-state index in [9.17, 15) is 9.59 Å². The van der Waals surface area contributed by atoms with Gasteiger partial charge in [0.15, 0.2) is 6.61 Å². The van der Waals surface area contributed by atoms with Gasteiger partial charge < -0.3 is 20.1 Å². The molecule has 6 heteroatoms. The van der Waals surface area contributed by atoms with Gasteiger partial charge in [0.1, 0.15) is 11.4 Å². The van der Waals surface area contributed by atoms with Crippen LogP contribution in [0.5, 0.6) is 5.75 Å². The Morgan fingerprint density at radius 3 is 2.32 bits per heavy atom. The molecule has 6 nitrogen and oxygen atoms in total. The van der Waals surface area contributed by atoms with Gasteiger partial charge in [-0.1, -0.05) is 32.0 Å². The zero-order chi connectivity index (χ0) is 18.9. The van der Waals surface area contributed by atoms with Crippen molar-refractivity contribution in [2.24, 2.45) is 5.92 Å². The number of nitrogens with one attached hydrogen (secondary N) is 2. The summed E-state index contributed by atoms with van der Waals surface area (Å²) in [7, 11) is 0. The number of carbonyl (C=O) groups excluding carboxylic acids is 2. The minimum Gasteiger partial charge on any atom is -0.484 e. The zero-order valence-electron chi connectivity index (χ0n) is 15.8. The van der Waals surface area contributed by atoms with Gasteiger partial charge in [0.25, 0.3) is 5.91 Å². The van der Waals surface area contributed by atoms with Gasteiger partial charge in [-0.05, 0) is 45.2 Å². The molecule has 1 rings (SSSR count). The first-order valence-electron chi connectivity index (χ1n) is 8.60. The van der Waals surface area contributed by atoms with E-state index in [1.807, 2.05) is 39.0 Å². The molecule has 2 N–H and O–H groups in total. The standard InChI is InChI=1S/C19H30N2O4/c1-14(2)11-15(21-18(23)25-19(3,4)5)12-20-17(22)13-24-16-9-7-6-8-10-16/h6-10,14-15H,11-13H2,1-5H3,(H,20,22)(H,21,23)/t15-/m0/s1. The van der Waals surface area contributed by atoms with Gasteiger partial charge >= 0.3 is 6.09 Å². The fraction of sp³-hybridized carbons (Fsp3) is 0.579. The van der Waals surface area contributed by atoms with Crippen molar-refractivity contribution in [3.05, 3.63) is 30.3 Å². The van der Waals surface area contributed by atoms with Crippen molar-refractivity contribution in [3.8, 4) is 5.75 Å². The molecular formula is C19H30N2O4. The molecule has 0 spiro atoms. The Labute approximate surface area is 150 Å². The Morgan fingerprint density at radius 1 is 1.12 bits per heavy atom. The second-order valence-electron chi connectivity index (χ2n) is 7.38. The predicted octanol–water partition coefficient (Wildman–Crippen LogP) is 3.12. The third-order valence-electron chi connectivity index (χ3n) is 3.14. The fourth-order valence-electron chi connectivity index (χ4n) is 2.19. The van der Waals surface area contributed by atoms with Gasteiger partial charge in [0.2, 0.25) is 0 Å². The fourth-order valence-corrected chi connectivity index (χ4v) is 2.19. The van der Waals surface area contributed by atoms with E-state index in [0.29, 0.717) is 18.2 Å². The molecule has 0 aliphatic rings. The highest BCUT2D eigenvalue weighted by Gasteiger charge is 2.20. The molecule has 0 heterocycles. The Bertz CT molecular complexity index is 538. The second-order valence-corrected chi connectivity index (χ2v) is 7.38. The molecule has 0 aliphatic heterocycles. The maximum Gasteiger partial charge on any atom is 0.407 e. The van der Waals surface area contributed by atoms with Crippen molar-refractivity contribution in [2.75, 3.05) is 13.2 Å². The second kappa shape index (κ2) is 9.91. The van der Waals surface area contributed by atoms with E-state index in [4.69, 9.17) is 9.47 Å². The molecule has 0 bridgehead atoms. The molecule has 1 aromatic rings. The average molecular weight is 350 g/mol. The van der Waals surface area contributed by atoms with Crippen molar-refractivity contribution in [1.82, 2.24) is 10.6 Å². The molecule has 0 unspecified atom stereocenters. The molecule has 0 radical (unpaired) electrons. The van der Waals surface area contributed by atoms with Gasteiger partial charge in [-0.2, -0.15) is 0 Å². The predicted molar refractivity (Wildman–Crippen MR) is 97.6 cm³/mol. The molecule has 0 aromatic heterocycles. The van der Waals surface area contributed by atoms with Gasteiger partial charge in [-0.15, -0.1) is 0 Å². The Morgan fingerprint density at radius 2 is 1.76 bits per heavy atom. The topological polar surface area (TPSA) is 76.7 Å². The third-order valence-corrected chi connectivity index (χ3v) is 3.14. The lowest BCUT2D eigenvalue weighted by atomic mass is 10.0. The normalized spacial score (nSPS) is 12.4. The number of amides is 2. The number of para-hydroxylation sites is 1. The molecule has 1 aromatic carbocycles. The summed E-state index contributed by atoms with van der Waals surface area (Å²) >= 11 is 0. The summed E-state index contributed by atoms with van der Waals surface area (Å²) in [6, 6.07) is 8.95. The van der Waals surface area contributed by atoms with Crippen molar-refractivity contribution in [3.63, 3.8) is 0 Å². The summed E-state index contributed by atoms with van der Waals surface area (Å²) in [5, 5.41) is 5.61. The Hall–Kier alpha value is -2.24. The minimum absolute atomic E-state index is 0.0646. The summed E-state index contributed by atoms with van der Waals surface area (Å²) in [4.78, 5) is 23.9. The first-order valence-corrected chi connectivity index (χ1v) is 8.60. The van der Waals surface area contributed by atoms with Gasteiger partial charge in [0.05, 0.1) is 0 Å². The molecule has 140 valence electrons. The SMILES string of the molecule is CC(C)C[C@@H](CNC(=O)COc1ccccc1)NC(=O)OC(C)(C)C. The molecule has 0 saturated heterocycles. The van der Waals surface area contributed by atoms with Gasteiger partial charge in [-0.3, -0.25) is 4.79 Å². The van der Waals surface area contributed by atoms with E-state index in [1.54, 1.807) is 12.1 Å². The van der Waals surface area contributed by atoms with Crippen molar-refractivity contribution < 1.29 is 19.1 Å². The van der Waals surface area contributed by atoms with Gasteiger partial charge in [-0.25, -0.2) is 4.79 Å². The molecular weight excluding hydrogens is 320 g/mol. The molecule has 0 aliphatic carbocycles. The number of hydrogen-bond donors (Lipinski definition) is 2. The van der Waals surface area contributed by atoms with Crippen LogP contribution in [-0.2, 0) is 9.53 Å². The lowest BCUT2D eigenvalue weighted by Gasteiger charge is -2.24. The third kappa shape index (κ3) is 10.3. The number of alkyl carbamates (subject to hydrolysis) is 1. The number of hydrogen-bond acceptors (Lipinski definition) is 4. The summed E-state index contributed by atoms with van der Waals surface area (Å²) in [5.74, 6) is 0.782. The lowest BCUT2D eigenvalue weighted by Crippen LogP contribution is -2.46. The van der Waals surface area contributed by atoms with E-state index in [-0.39, 0.29) is 18.6 Å². The van der Waals surface area contributed by atoms with Crippen LogP contribution in [0, 0.1) is 5.92 Å². The van der Waals surface area contributed by atoms with Crippen LogP contribution in [0.1, 0.15) is 41.0 Å². The molecule has 0 fully saturated rings. The first-order chi connectivity index (χ1) is 11.7. The van der Waals surface area contributed by atoms with Crippen molar-refractivity contribution in [2.45, 2.75) is 52.7 Å². The summed E-state index contributed by atoms with van der Waals surface area (Å²) in [6.07, 6.45) is 0.256.